The predicted octanol–water partition coefficient (Wildman–Crippen LogP) is 4.32. The molecule has 0 aliphatic rings. The maximum Gasteiger partial charge on any atom is 0.147 e. The molecular formula is C13H18BrClFNO. The highest BCUT2D eigenvalue weighted by molar-refractivity contribution is 9.10. The molecule has 2 unspecified atom stereocenters. The van der Waals surface area contributed by atoms with E-state index in [1.807, 2.05) is 13.8 Å². The molecule has 5 heteroatoms. The Morgan fingerprint density at radius 3 is 2.61 bits per heavy atom. The van der Waals surface area contributed by atoms with Gasteiger partial charge in [-0.05, 0) is 42.4 Å². The van der Waals surface area contributed by atoms with E-state index in [-0.39, 0.29) is 17.2 Å². The molecule has 0 spiro atoms. The van der Waals surface area contributed by atoms with E-state index >= 15 is 0 Å². The maximum absolute atomic E-state index is 14.2. The Morgan fingerprint density at radius 2 is 2.11 bits per heavy atom. The average Bonchev–Trinajstić information content (AvgIpc) is 2.38. The van der Waals surface area contributed by atoms with Gasteiger partial charge in [0.2, 0.25) is 0 Å². The van der Waals surface area contributed by atoms with Crippen LogP contribution < -0.4 is 5.32 Å². The predicted molar refractivity (Wildman–Crippen MR) is 76.6 cm³/mol. The summed E-state index contributed by atoms with van der Waals surface area (Å²) in [5, 5.41) is 3.21. The van der Waals surface area contributed by atoms with Gasteiger partial charge in [-0.1, -0.05) is 24.6 Å². The van der Waals surface area contributed by atoms with Gasteiger partial charge in [0.05, 0.1) is 17.2 Å². The van der Waals surface area contributed by atoms with E-state index in [1.165, 1.54) is 0 Å². The van der Waals surface area contributed by atoms with Gasteiger partial charge in [0, 0.05) is 16.6 Å². The Hall–Kier alpha value is -0.160. The molecule has 2 nitrogen and oxygen atoms in total. The van der Waals surface area contributed by atoms with Gasteiger partial charge in [0.15, 0.2) is 0 Å². The second kappa shape index (κ2) is 7.43. The van der Waals surface area contributed by atoms with Gasteiger partial charge >= 0.3 is 0 Å². The summed E-state index contributed by atoms with van der Waals surface area (Å²) >= 11 is 9.13. The van der Waals surface area contributed by atoms with Gasteiger partial charge < -0.3 is 10.1 Å². The lowest BCUT2D eigenvalue weighted by Gasteiger charge is -2.26. The van der Waals surface area contributed by atoms with Crippen molar-refractivity contribution in [1.82, 2.24) is 5.32 Å². The lowest BCUT2D eigenvalue weighted by atomic mass is 9.99. The minimum Gasteiger partial charge on any atom is -0.377 e. The van der Waals surface area contributed by atoms with Crippen LogP contribution in [0.4, 0.5) is 4.39 Å². The Balaban J connectivity index is 3.12. The monoisotopic (exact) mass is 337 g/mol. The number of ether oxygens (including phenoxy) is 1. The van der Waals surface area contributed by atoms with Crippen LogP contribution in [0, 0.1) is 5.82 Å². The number of rotatable bonds is 6. The summed E-state index contributed by atoms with van der Waals surface area (Å²) in [6.07, 6.45) is 0.721. The zero-order chi connectivity index (χ0) is 13.7. The molecular weight excluding hydrogens is 321 g/mol. The number of hydrogen-bond donors (Lipinski definition) is 1. The van der Waals surface area contributed by atoms with E-state index in [9.17, 15) is 4.39 Å². The van der Waals surface area contributed by atoms with Crippen LogP contribution in [0.5, 0.6) is 0 Å². The van der Waals surface area contributed by atoms with Crippen LogP contribution >= 0.6 is 27.5 Å². The molecule has 2 atom stereocenters. The van der Waals surface area contributed by atoms with Crippen molar-refractivity contribution in [3.63, 3.8) is 0 Å². The highest BCUT2D eigenvalue weighted by atomic mass is 79.9. The van der Waals surface area contributed by atoms with Crippen molar-refractivity contribution >= 4 is 27.5 Å². The largest absolute Gasteiger partial charge is 0.377 e. The molecule has 0 bridgehead atoms. The van der Waals surface area contributed by atoms with Gasteiger partial charge in [-0.2, -0.15) is 0 Å². The van der Waals surface area contributed by atoms with Crippen molar-refractivity contribution in [3.05, 3.63) is 33.0 Å². The van der Waals surface area contributed by atoms with Gasteiger partial charge in [-0.15, -0.1) is 0 Å². The van der Waals surface area contributed by atoms with E-state index < -0.39 is 5.82 Å². The van der Waals surface area contributed by atoms with Crippen molar-refractivity contribution in [2.24, 2.45) is 0 Å². The third-order valence-electron chi connectivity index (χ3n) is 2.87. The topological polar surface area (TPSA) is 21.3 Å². The van der Waals surface area contributed by atoms with Crippen molar-refractivity contribution in [3.8, 4) is 0 Å². The van der Waals surface area contributed by atoms with E-state index in [0.717, 1.165) is 6.42 Å². The molecule has 1 aromatic rings. The van der Waals surface area contributed by atoms with E-state index in [0.29, 0.717) is 16.6 Å². The van der Waals surface area contributed by atoms with Gasteiger partial charge in [0.25, 0.3) is 0 Å². The summed E-state index contributed by atoms with van der Waals surface area (Å²) in [7, 11) is 1.79. The minimum atomic E-state index is -0.399. The van der Waals surface area contributed by atoms with Crippen molar-refractivity contribution in [1.29, 1.82) is 0 Å². The normalized spacial score (nSPS) is 14.6. The number of benzene rings is 1. The first-order valence-corrected chi connectivity index (χ1v) is 7.16. The molecule has 0 radical (unpaired) electrons. The van der Waals surface area contributed by atoms with Crippen LogP contribution in [0.2, 0.25) is 5.02 Å². The molecule has 0 aromatic heterocycles. The first-order chi connectivity index (χ1) is 8.56. The average molecular weight is 339 g/mol. The van der Waals surface area contributed by atoms with Gasteiger partial charge in [-0.3, -0.25) is 0 Å². The van der Waals surface area contributed by atoms with Crippen LogP contribution in [-0.4, -0.2) is 19.8 Å². The molecule has 1 aromatic carbocycles. The number of halogens is 3. The first kappa shape index (κ1) is 15.9. The molecule has 1 rings (SSSR count). The van der Waals surface area contributed by atoms with Crippen molar-refractivity contribution < 1.29 is 9.13 Å². The molecule has 0 aliphatic carbocycles. The second-order valence-electron chi connectivity index (χ2n) is 3.93. The Kier molecular flexibility index (Phi) is 6.57. The SMILES string of the molecule is CCOC(CC)C(NC)c1ccc(Br)c(Cl)c1F. The van der Waals surface area contributed by atoms with E-state index in [2.05, 4.69) is 21.2 Å². The number of likely N-dealkylation sites (N-methyl/N-ethyl adjacent to an activating group) is 1. The number of hydrogen-bond acceptors (Lipinski definition) is 2. The van der Waals surface area contributed by atoms with Crippen LogP contribution in [-0.2, 0) is 4.74 Å². The molecule has 0 heterocycles. The summed E-state index contributed by atoms with van der Waals surface area (Å²) in [5.41, 5.74) is 0.533. The molecule has 0 amide bonds. The molecule has 0 fully saturated rings. The second-order valence-corrected chi connectivity index (χ2v) is 5.17. The zero-order valence-electron chi connectivity index (χ0n) is 10.8. The fraction of sp³-hybridized carbons (Fsp3) is 0.538. The Labute approximate surface area is 121 Å². The highest BCUT2D eigenvalue weighted by Gasteiger charge is 2.25. The minimum absolute atomic E-state index is 0.0771. The summed E-state index contributed by atoms with van der Waals surface area (Å²) in [6, 6.07) is 3.28. The highest BCUT2D eigenvalue weighted by Crippen LogP contribution is 2.32. The summed E-state index contributed by atoms with van der Waals surface area (Å²) < 4.78 is 20.4. The third kappa shape index (κ3) is 3.44. The fourth-order valence-electron chi connectivity index (χ4n) is 1.99. The molecule has 0 saturated carbocycles. The lowest BCUT2D eigenvalue weighted by molar-refractivity contribution is 0.0325. The zero-order valence-corrected chi connectivity index (χ0v) is 13.1. The summed E-state index contributed by atoms with van der Waals surface area (Å²) in [6.45, 7) is 4.55. The van der Waals surface area contributed by atoms with Crippen LogP contribution in [0.25, 0.3) is 0 Å². The Bertz CT molecular complexity index is 403. The summed E-state index contributed by atoms with van der Waals surface area (Å²) in [5.74, 6) is -0.399. The van der Waals surface area contributed by atoms with Crippen molar-refractivity contribution in [2.75, 3.05) is 13.7 Å². The Morgan fingerprint density at radius 1 is 1.44 bits per heavy atom. The van der Waals surface area contributed by atoms with Crippen LogP contribution in [0.3, 0.4) is 0 Å². The van der Waals surface area contributed by atoms with E-state index in [4.69, 9.17) is 16.3 Å². The molecule has 0 saturated heterocycles. The van der Waals surface area contributed by atoms with Gasteiger partial charge in [-0.25, -0.2) is 4.39 Å². The number of nitrogens with one attached hydrogen (secondary N) is 1. The molecule has 18 heavy (non-hydrogen) atoms. The van der Waals surface area contributed by atoms with Gasteiger partial charge in [0.1, 0.15) is 5.82 Å². The van der Waals surface area contributed by atoms with Crippen LogP contribution in [0.1, 0.15) is 31.9 Å². The summed E-state index contributed by atoms with van der Waals surface area (Å²) in [4.78, 5) is 0. The molecule has 1 N–H and O–H groups in total. The first-order valence-electron chi connectivity index (χ1n) is 5.99. The maximum atomic E-state index is 14.2. The third-order valence-corrected chi connectivity index (χ3v) is 4.12. The van der Waals surface area contributed by atoms with Crippen LogP contribution in [0.15, 0.2) is 16.6 Å². The smallest absolute Gasteiger partial charge is 0.147 e. The quantitative estimate of drug-likeness (QED) is 0.780. The molecule has 102 valence electrons. The molecule has 0 aliphatic heterocycles. The fourth-order valence-corrected chi connectivity index (χ4v) is 2.46. The van der Waals surface area contributed by atoms with E-state index in [1.54, 1.807) is 19.2 Å². The standard InChI is InChI=1S/C13H18BrClFNO/c1-4-10(18-5-2)13(17-3)8-6-7-9(14)11(15)12(8)16/h6-7,10,13,17H,4-5H2,1-3H3. The van der Waals surface area contributed by atoms with Crippen molar-refractivity contribution in [2.45, 2.75) is 32.4 Å². The lowest BCUT2D eigenvalue weighted by Crippen LogP contribution is -2.32.